The van der Waals surface area contributed by atoms with Crippen LogP contribution in [0.4, 0.5) is 0 Å². The Balaban J connectivity index is 1.41. The van der Waals surface area contributed by atoms with Crippen LogP contribution in [0.25, 0.3) is 32.8 Å². The summed E-state index contributed by atoms with van der Waals surface area (Å²) < 4.78 is 0. The van der Waals surface area contributed by atoms with Gasteiger partial charge < -0.3 is 0 Å². The fraction of sp³-hybridized carbons (Fsp3) is 0.0385. The number of nitrogens with zero attached hydrogens (tertiary/aromatic N) is 2. The maximum atomic E-state index is 12.6. The van der Waals surface area contributed by atoms with Crippen LogP contribution in [0, 0.1) is 6.92 Å². The van der Waals surface area contributed by atoms with Crippen LogP contribution in [0.2, 0.25) is 0 Å². The van der Waals surface area contributed by atoms with Gasteiger partial charge in [-0.3, -0.25) is 9.89 Å². The number of aromatic amines is 1. The monoisotopic (exact) mass is 404 g/mol. The summed E-state index contributed by atoms with van der Waals surface area (Å²) in [4.78, 5) is 12.6. The van der Waals surface area contributed by atoms with E-state index in [9.17, 15) is 4.79 Å². The summed E-state index contributed by atoms with van der Waals surface area (Å²) in [5.74, 6) is -0.341. The number of rotatable bonds is 4. The van der Waals surface area contributed by atoms with E-state index >= 15 is 0 Å². The van der Waals surface area contributed by atoms with E-state index in [2.05, 4.69) is 51.1 Å². The van der Waals surface area contributed by atoms with E-state index in [1.54, 1.807) is 12.3 Å². The van der Waals surface area contributed by atoms with Crippen LogP contribution < -0.4 is 5.43 Å². The van der Waals surface area contributed by atoms with Gasteiger partial charge in [-0.05, 0) is 40.6 Å². The number of aromatic nitrogens is 2. The molecule has 0 saturated heterocycles. The third-order valence-corrected chi connectivity index (χ3v) is 5.34. The summed E-state index contributed by atoms with van der Waals surface area (Å²) in [7, 11) is 0. The topological polar surface area (TPSA) is 70.1 Å². The Morgan fingerprint density at radius 3 is 2.23 bits per heavy atom. The molecule has 1 aromatic heterocycles. The summed E-state index contributed by atoms with van der Waals surface area (Å²) >= 11 is 0. The molecule has 5 aromatic rings. The van der Waals surface area contributed by atoms with E-state index in [4.69, 9.17) is 0 Å². The summed E-state index contributed by atoms with van der Waals surface area (Å²) in [6.45, 7) is 2.03. The van der Waals surface area contributed by atoms with Crippen LogP contribution in [0.15, 0.2) is 90.0 Å². The first-order chi connectivity index (χ1) is 15.2. The molecular weight excluding hydrogens is 384 g/mol. The zero-order chi connectivity index (χ0) is 21.2. The van der Waals surface area contributed by atoms with Crippen molar-refractivity contribution in [3.8, 4) is 11.3 Å². The van der Waals surface area contributed by atoms with Crippen molar-refractivity contribution in [1.82, 2.24) is 15.6 Å². The van der Waals surface area contributed by atoms with Gasteiger partial charge in [0.25, 0.3) is 5.91 Å². The van der Waals surface area contributed by atoms with Crippen LogP contribution in [-0.2, 0) is 0 Å². The van der Waals surface area contributed by atoms with Gasteiger partial charge in [-0.2, -0.15) is 10.2 Å². The normalized spacial score (nSPS) is 11.4. The fourth-order valence-electron chi connectivity index (χ4n) is 3.71. The van der Waals surface area contributed by atoms with Crippen molar-refractivity contribution in [2.75, 3.05) is 0 Å². The summed E-state index contributed by atoms with van der Waals surface area (Å²) in [5, 5.41) is 15.7. The van der Waals surface area contributed by atoms with E-state index in [-0.39, 0.29) is 5.91 Å². The van der Waals surface area contributed by atoms with Crippen molar-refractivity contribution < 1.29 is 4.79 Å². The van der Waals surface area contributed by atoms with Crippen molar-refractivity contribution in [3.63, 3.8) is 0 Å². The molecule has 4 aromatic carbocycles. The van der Waals surface area contributed by atoms with Gasteiger partial charge in [-0.25, -0.2) is 5.43 Å². The van der Waals surface area contributed by atoms with Crippen LogP contribution >= 0.6 is 0 Å². The highest BCUT2D eigenvalue weighted by Gasteiger charge is 2.11. The minimum atomic E-state index is -0.341. The molecule has 5 rings (SSSR count). The SMILES string of the molecule is Cc1ccc(-c2cc(C(=O)N/N=C\c3c4ccccc4cc4ccccc34)[nH]n2)cc1. The number of carbonyl (C=O) groups excluding carboxylic acids is 1. The van der Waals surface area contributed by atoms with Crippen molar-refractivity contribution in [2.24, 2.45) is 5.10 Å². The zero-order valence-corrected chi connectivity index (χ0v) is 17.0. The lowest BCUT2D eigenvalue weighted by molar-refractivity contribution is 0.0950. The Morgan fingerprint density at radius 1 is 0.903 bits per heavy atom. The molecule has 0 unspecified atom stereocenters. The number of aryl methyl sites for hydroxylation is 1. The van der Waals surface area contributed by atoms with Gasteiger partial charge in [-0.1, -0.05) is 78.4 Å². The highest BCUT2D eigenvalue weighted by atomic mass is 16.2. The molecule has 5 nitrogen and oxygen atoms in total. The number of carbonyl (C=O) groups is 1. The van der Waals surface area contributed by atoms with Gasteiger partial charge in [0.05, 0.1) is 11.9 Å². The van der Waals surface area contributed by atoms with E-state index in [1.807, 2.05) is 55.5 Å². The maximum Gasteiger partial charge on any atom is 0.289 e. The van der Waals surface area contributed by atoms with Gasteiger partial charge in [-0.15, -0.1) is 0 Å². The van der Waals surface area contributed by atoms with Crippen molar-refractivity contribution in [3.05, 3.63) is 102 Å². The highest BCUT2D eigenvalue weighted by molar-refractivity contribution is 6.13. The third-order valence-electron chi connectivity index (χ3n) is 5.34. The standard InChI is InChI=1S/C26H20N4O/c1-17-10-12-18(13-11-17)24-15-25(29-28-24)26(31)30-27-16-23-21-8-4-2-6-19(21)14-20-7-3-5-9-22(20)23/h2-16H,1H3,(H,28,29)(H,30,31)/b27-16-. The number of hydrazone groups is 1. The molecule has 1 amide bonds. The van der Waals surface area contributed by atoms with Gasteiger partial charge >= 0.3 is 0 Å². The molecule has 0 aliphatic carbocycles. The molecular formula is C26H20N4O. The first kappa shape index (κ1) is 18.8. The Morgan fingerprint density at radius 2 is 1.55 bits per heavy atom. The van der Waals surface area contributed by atoms with E-state index in [0.29, 0.717) is 11.4 Å². The molecule has 0 atom stereocenters. The smallest absolute Gasteiger partial charge is 0.272 e. The molecule has 31 heavy (non-hydrogen) atoms. The second-order valence-electron chi connectivity index (χ2n) is 7.46. The van der Waals surface area contributed by atoms with Crippen LogP contribution in [0.3, 0.4) is 0 Å². The second kappa shape index (κ2) is 7.88. The third kappa shape index (κ3) is 3.69. The van der Waals surface area contributed by atoms with Crippen LogP contribution in [-0.4, -0.2) is 22.3 Å². The number of amides is 1. The quantitative estimate of drug-likeness (QED) is 0.237. The lowest BCUT2D eigenvalue weighted by Gasteiger charge is -2.07. The highest BCUT2D eigenvalue weighted by Crippen LogP contribution is 2.27. The molecule has 0 aliphatic rings. The van der Waals surface area contributed by atoms with Crippen LogP contribution in [0.5, 0.6) is 0 Å². The Labute approximate surface area is 179 Å². The molecule has 0 saturated carbocycles. The Hall–Kier alpha value is -4.25. The number of hydrogen-bond acceptors (Lipinski definition) is 3. The summed E-state index contributed by atoms with van der Waals surface area (Å²) in [5.41, 5.74) is 6.78. The Kier molecular flexibility index (Phi) is 4.77. The van der Waals surface area contributed by atoms with Gasteiger partial charge in [0.1, 0.15) is 5.69 Å². The molecule has 0 aliphatic heterocycles. The minimum Gasteiger partial charge on any atom is -0.272 e. The predicted molar refractivity (Wildman–Crippen MR) is 125 cm³/mol. The molecule has 0 radical (unpaired) electrons. The molecule has 0 fully saturated rings. The number of benzene rings is 4. The zero-order valence-electron chi connectivity index (χ0n) is 17.0. The maximum absolute atomic E-state index is 12.6. The number of hydrogen-bond donors (Lipinski definition) is 2. The number of H-pyrrole nitrogens is 1. The molecule has 150 valence electrons. The largest absolute Gasteiger partial charge is 0.289 e. The second-order valence-corrected chi connectivity index (χ2v) is 7.46. The van der Waals surface area contributed by atoms with E-state index in [1.165, 1.54) is 5.56 Å². The predicted octanol–water partition coefficient (Wildman–Crippen LogP) is 5.46. The first-order valence-electron chi connectivity index (χ1n) is 10.1. The lowest BCUT2D eigenvalue weighted by Crippen LogP contribution is -2.18. The average Bonchev–Trinajstić information content (AvgIpc) is 3.29. The van der Waals surface area contributed by atoms with Gasteiger partial charge in [0.15, 0.2) is 0 Å². The molecule has 5 heteroatoms. The molecule has 0 bridgehead atoms. The molecule has 2 N–H and O–H groups in total. The van der Waals surface area contributed by atoms with E-state index in [0.717, 1.165) is 32.7 Å². The van der Waals surface area contributed by atoms with E-state index < -0.39 is 0 Å². The van der Waals surface area contributed by atoms with Crippen molar-refractivity contribution >= 4 is 33.7 Å². The van der Waals surface area contributed by atoms with Crippen LogP contribution in [0.1, 0.15) is 21.6 Å². The van der Waals surface area contributed by atoms with Crippen molar-refractivity contribution in [2.45, 2.75) is 6.92 Å². The average molecular weight is 404 g/mol. The fourth-order valence-corrected chi connectivity index (χ4v) is 3.71. The lowest BCUT2D eigenvalue weighted by atomic mass is 9.97. The van der Waals surface area contributed by atoms with Gasteiger partial charge in [0, 0.05) is 11.1 Å². The number of nitrogens with one attached hydrogen (secondary N) is 2. The van der Waals surface area contributed by atoms with Crippen molar-refractivity contribution in [1.29, 1.82) is 0 Å². The van der Waals surface area contributed by atoms with Gasteiger partial charge in [0.2, 0.25) is 0 Å². The first-order valence-corrected chi connectivity index (χ1v) is 10.1. The Bertz CT molecular complexity index is 1380. The minimum absolute atomic E-state index is 0.341. The molecule has 0 spiro atoms. The molecule has 1 heterocycles. The summed E-state index contributed by atoms with van der Waals surface area (Å²) in [6, 6.07) is 28.2. The summed E-state index contributed by atoms with van der Waals surface area (Å²) in [6.07, 6.45) is 1.71. The number of fused-ring (bicyclic) bond motifs is 2.